The molecule has 1 atom stereocenters. The van der Waals surface area contributed by atoms with E-state index in [9.17, 15) is 0 Å². The molecular formula is C13H17ClN2S2. The second-order valence-corrected chi connectivity index (χ2v) is 6.48. The number of alkyl halides is 1. The van der Waals surface area contributed by atoms with E-state index in [-0.39, 0.29) is 0 Å². The molecule has 98 valence electrons. The van der Waals surface area contributed by atoms with Gasteiger partial charge in [-0.2, -0.15) is 0 Å². The molecule has 0 saturated heterocycles. The van der Waals surface area contributed by atoms with Gasteiger partial charge in [-0.1, -0.05) is 6.07 Å². The standard InChI is InChI=1S/C13H17ClN2S2/c1-10(12-4-3-7-17-12)16(2)6-5-13-15-11(8-14)9-18-13/h3-4,7,9-10H,5-6,8H2,1-2H3. The first-order chi connectivity index (χ1) is 8.70. The molecule has 2 rings (SSSR count). The molecule has 2 nitrogen and oxygen atoms in total. The fraction of sp³-hybridized carbons (Fsp3) is 0.462. The van der Waals surface area contributed by atoms with E-state index in [0.717, 1.165) is 18.7 Å². The molecule has 2 aromatic rings. The average Bonchev–Trinajstić information content (AvgIpc) is 3.05. The first-order valence-electron chi connectivity index (χ1n) is 5.93. The smallest absolute Gasteiger partial charge is 0.0941 e. The van der Waals surface area contributed by atoms with Crippen LogP contribution in [0.4, 0.5) is 0 Å². The second kappa shape index (κ2) is 6.66. The van der Waals surface area contributed by atoms with Crippen LogP contribution in [0.2, 0.25) is 0 Å². The molecule has 0 aromatic carbocycles. The Morgan fingerprint density at radius 3 is 2.89 bits per heavy atom. The Bertz CT molecular complexity index is 467. The zero-order valence-electron chi connectivity index (χ0n) is 10.6. The molecule has 18 heavy (non-hydrogen) atoms. The summed E-state index contributed by atoms with van der Waals surface area (Å²) in [5, 5.41) is 5.36. The van der Waals surface area contributed by atoms with Gasteiger partial charge in [-0.25, -0.2) is 4.98 Å². The predicted octanol–water partition coefficient (Wildman–Crippen LogP) is 4.18. The Balaban J connectivity index is 1.86. The van der Waals surface area contributed by atoms with Gasteiger partial charge in [-0.3, -0.25) is 4.90 Å². The Hall–Kier alpha value is -0.420. The van der Waals surface area contributed by atoms with Crippen molar-refractivity contribution in [2.24, 2.45) is 0 Å². The third-order valence-electron chi connectivity index (χ3n) is 3.03. The largest absolute Gasteiger partial charge is 0.298 e. The lowest BCUT2D eigenvalue weighted by Gasteiger charge is -2.23. The van der Waals surface area contributed by atoms with Crippen LogP contribution in [0, 0.1) is 0 Å². The van der Waals surface area contributed by atoms with Gasteiger partial charge < -0.3 is 0 Å². The van der Waals surface area contributed by atoms with Crippen molar-refractivity contribution in [3.05, 3.63) is 38.5 Å². The SMILES string of the molecule is CC(c1cccs1)N(C)CCc1nc(CCl)cs1. The van der Waals surface area contributed by atoms with Crippen LogP contribution >= 0.6 is 34.3 Å². The van der Waals surface area contributed by atoms with Crippen LogP contribution in [0.25, 0.3) is 0 Å². The zero-order valence-corrected chi connectivity index (χ0v) is 13.0. The fourth-order valence-corrected chi connectivity index (χ4v) is 3.60. The number of likely N-dealkylation sites (N-methyl/N-ethyl adjacent to an activating group) is 1. The van der Waals surface area contributed by atoms with Crippen LogP contribution in [0.1, 0.15) is 28.5 Å². The van der Waals surface area contributed by atoms with Gasteiger partial charge in [0.05, 0.1) is 16.6 Å². The minimum Gasteiger partial charge on any atom is -0.298 e. The van der Waals surface area contributed by atoms with E-state index in [0.29, 0.717) is 11.9 Å². The maximum atomic E-state index is 5.76. The molecule has 1 unspecified atom stereocenters. The van der Waals surface area contributed by atoms with Crippen molar-refractivity contribution in [2.75, 3.05) is 13.6 Å². The van der Waals surface area contributed by atoms with Gasteiger partial charge in [-0.15, -0.1) is 34.3 Å². The highest BCUT2D eigenvalue weighted by Gasteiger charge is 2.12. The molecule has 0 aliphatic carbocycles. The number of aromatic nitrogens is 1. The number of halogens is 1. The number of nitrogens with zero attached hydrogens (tertiary/aromatic N) is 2. The van der Waals surface area contributed by atoms with E-state index >= 15 is 0 Å². The van der Waals surface area contributed by atoms with E-state index in [1.807, 2.05) is 16.7 Å². The summed E-state index contributed by atoms with van der Waals surface area (Å²) in [5.41, 5.74) is 0.991. The molecule has 0 N–H and O–H groups in total. The summed E-state index contributed by atoms with van der Waals surface area (Å²) in [4.78, 5) is 8.27. The van der Waals surface area contributed by atoms with Crippen molar-refractivity contribution in [1.29, 1.82) is 0 Å². The van der Waals surface area contributed by atoms with Crippen molar-refractivity contribution in [2.45, 2.75) is 25.3 Å². The van der Waals surface area contributed by atoms with Crippen LogP contribution in [0.5, 0.6) is 0 Å². The van der Waals surface area contributed by atoms with Crippen LogP contribution in [-0.4, -0.2) is 23.5 Å². The van der Waals surface area contributed by atoms with Gasteiger partial charge in [0.2, 0.25) is 0 Å². The van der Waals surface area contributed by atoms with E-state index < -0.39 is 0 Å². The summed E-state index contributed by atoms with van der Waals surface area (Å²) in [6.45, 7) is 3.27. The normalized spacial score (nSPS) is 13.1. The van der Waals surface area contributed by atoms with Crippen molar-refractivity contribution in [3.8, 4) is 0 Å². The molecular weight excluding hydrogens is 284 g/mol. The van der Waals surface area contributed by atoms with Crippen molar-refractivity contribution in [3.63, 3.8) is 0 Å². The molecule has 0 aliphatic heterocycles. The van der Waals surface area contributed by atoms with Gasteiger partial charge >= 0.3 is 0 Å². The third kappa shape index (κ3) is 3.54. The highest BCUT2D eigenvalue weighted by Crippen LogP contribution is 2.23. The van der Waals surface area contributed by atoms with E-state index in [4.69, 9.17) is 11.6 Å². The Morgan fingerprint density at radius 1 is 1.44 bits per heavy atom. The number of hydrogen-bond donors (Lipinski definition) is 0. The highest BCUT2D eigenvalue weighted by atomic mass is 35.5. The predicted molar refractivity (Wildman–Crippen MR) is 80.7 cm³/mol. The van der Waals surface area contributed by atoms with E-state index in [2.05, 4.69) is 41.4 Å². The van der Waals surface area contributed by atoms with Crippen molar-refractivity contribution < 1.29 is 0 Å². The lowest BCUT2D eigenvalue weighted by Crippen LogP contribution is -2.24. The van der Waals surface area contributed by atoms with E-state index in [1.54, 1.807) is 11.3 Å². The summed E-state index contributed by atoms with van der Waals surface area (Å²) in [6.07, 6.45) is 0.994. The summed E-state index contributed by atoms with van der Waals surface area (Å²) < 4.78 is 0. The maximum absolute atomic E-state index is 5.76. The molecule has 0 saturated carbocycles. The number of thiophene rings is 1. The van der Waals surface area contributed by atoms with Gasteiger partial charge in [0.15, 0.2) is 0 Å². The molecule has 0 bridgehead atoms. The molecule has 0 radical (unpaired) electrons. The van der Waals surface area contributed by atoms with Crippen LogP contribution < -0.4 is 0 Å². The zero-order chi connectivity index (χ0) is 13.0. The molecule has 5 heteroatoms. The van der Waals surface area contributed by atoms with Crippen LogP contribution in [0.3, 0.4) is 0 Å². The van der Waals surface area contributed by atoms with Gasteiger partial charge in [-0.05, 0) is 25.4 Å². The summed E-state index contributed by atoms with van der Waals surface area (Å²) in [7, 11) is 2.17. The number of hydrogen-bond acceptors (Lipinski definition) is 4. The van der Waals surface area contributed by atoms with Gasteiger partial charge in [0.25, 0.3) is 0 Å². The number of thiazole rings is 1. The third-order valence-corrected chi connectivity index (χ3v) is 5.30. The highest BCUT2D eigenvalue weighted by molar-refractivity contribution is 7.10. The number of rotatable bonds is 6. The quantitative estimate of drug-likeness (QED) is 0.744. The molecule has 0 aliphatic rings. The lowest BCUT2D eigenvalue weighted by molar-refractivity contribution is 0.268. The first-order valence-corrected chi connectivity index (χ1v) is 8.23. The molecule has 0 fully saturated rings. The first kappa shape index (κ1) is 14.0. The topological polar surface area (TPSA) is 16.1 Å². The second-order valence-electron chi connectivity index (χ2n) is 4.29. The van der Waals surface area contributed by atoms with Crippen molar-refractivity contribution >= 4 is 34.3 Å². The maximum Gasteiger partial charge on any atom is 0.0941 e. The summed E-state index contributed by atoms with van der Waals surface area (Å²) in [6, 6.07) is 4.77. The van der Waals surface area contributed by atoms with Crippen molar-refractivity contribution in [1.82, 2.24) is 9.88 Å². The van der Waals surface area contributed by atoms with Gasteiger partial charge in [0.1, 0.15) is 0 Å². The van der Waals surface area contributed by atoms with E-state index in [1.165, 1.54) is 9.88 Å². The average molecular weight is 301 g/mol. The summed E-state index contributed by atoms with van der Waals surface area (Å²) in [5.74, 6) is 0.512. The minimum absolute atomic E-state index is 0.470. The molecule has 2 heterocycles. The minimum atomic E-state index is 0.470. The fourth-order valence-electron chi connectivity index (χ4n) is 1.74. The molecule has 0 amide bonds. The van der Waals surface area contributed by atoms with Crippen LogP contribution in [0.15, 0.2) is 22.9 Å². The Kier molecular flexibility index (Phi) is 5.18. The lowest BCUT2D eigenvalue weighted by atomic mass is 10.2. The Labute approximate surface area is 121 Å². The summed E-state index contributed by atoms with van der Waals surface area (Å²) >= 11 is 9.28. The molecule has 0 spiro atoms. The monoisotopic (exact) mass is 300 g/mol. The Morgan fingerprint density at radius 2 is 2.28 bits per heavy atom. The molecule has 2 aromatic heterocycles. The van der Waals surface area contributed by atoms with Crippen LogP contribution in [-0.2, 0) is 12.3 Å². The van der Waals surface area contributed by atoms with Gasteiger partial charge in [0, 0.05) is 29.3 Å².